The first-order valence-electron chi connectivity index (χ1n) is 8.96. The second-order valence-corrected chi connectivity index (χ2v) is 6.73. The number of rotatable bonds is 4. The molecule has 0 unspecified atom stereocenters. The molecule has 0 radical (unpaired) electrons. The Morgan fingerprint density at radius 3 is 3.14 bits per heavy atom. The Labute approximate surface area is 158 Å². The number of carbonyl (C=O) groups is 1. The van der Waals surface area contributed by atoms with Crippen LogP contribution < -0.4 is 16.0 Å². The third kappa shape index (κ3) is 2.79. The molecular formula is C18H17N7O3. The molecule has 0 saturated carbocycles. The molecule has 1 fully saturated rings. The monoisotopic (exact) mass is 379 g/mol. The molecule has 5 rings (SSSR count). The van der Waals surface area contributed by atoms with Gasteiger partial charge in [0.2, 0.25) is 11.6 Å². The Morgan fingerprint density at radius 1 is 1.32 bits per heavy atom. The molecule has 0 spiro atoms. The Kier molecular flexibility index (Phi) is 3.81. The van der Waals surface area contributed by atoms with Gasteiger partial charge in [0.1, 0.15) is 12.9 Å². The van der Waals surface area contributed by atoms with Gasteiger partial charge in [-0.15, -0.1) is 10.2 Å². The molecule has 10 heteroatoms. The van der Waals surface area contributed by atoms with Crippen LogP contribution in [0.1, 0.15) is 6.42 Å². The summed E-state index contributed by atoms with van der Waals surface area (Å²) >= 11 is 0. The molecule has 1 N–H and O–H groups in total. The van der Waals surface area contributed by atoms with E-state index in [-0.39, 0.29) is 18.5 Å². The van der Waals surface area contributed by atoms with Gasteiger partial charge in [0.25, 0.3) is 0 Å². The third-order valence-corrected chi connectivity index (χ3v) is 4.93. The number of anilines is 1. The lowest BCUT2D eigenvalue weighted by atomic mass is 10.2. The number of oxazole rings is 1. The summed E-state index contributed by atoms with van der Waals surface area (Å²) in [5.41, 5.74) is 1.77. The highest BCUT2D eigenvalue weighted by Crippen LogP contribution is 2.21. The van der Waals surface area contributed by atoms with Gasteiger partial charge >= 0.3 is 5.76 Å². The zero-order chi connectivity index (χ0) is 19.1. The van der Waals surface area contributed by atoms with Gasteiger partial charge in [-0.3, -0.25) is 13.8 Å². The summed E-state index contributed by atoms with van der Waals surface area (Å²) in [5.74, 6) is -0.0185. The van der Waals surface area contributed by atoms with Gasteiger partial charge in [0.05, 0.1) is 5.52 Å². The molecule has 4 heterocycles. The molecule has 1 aliphatic heterocycles. The van der Waals surface area contributed by atoms with Crippen LogP contribution in [-0.4, -0.2) is 49.2 Å². The summed E-state index contributed by atoms with van der Waals surface area (Å²) in [6.45, 7) is 1.29. The Balaban J connectivity index is 1.28. The lowest BCUT2D eigenvalue weighted by Crippen LogP contribution is -2.40. The number of aromatic nitrogens is 5. The molecule has 1 amide bonds. The topological polar surface area (TPSA) is 111 Å². The summed E-state index contributed by atoms with van der Waals surface area (Å²) in [4.78, 5) is 31.0. The van der Waals surface area contributed by atoms with Crippen molar-refractivity contribution in [1.29, 1.82) is 0 Å². The van der Waals surface area contributed by atoms with E-state index in [1.807, 2.05) is 4.40 Å². The minimum Gasteiger partial charge on any atom is -0.408 e. The number of benzene rings is 1. The SMILES string of the molecule is O=C(Cn1c(=O)oc2ccccc21)N[C@@H]1CCN(c2nccn3cnnc23)C1. The van der Waals surface area contributed by atoms with Crippen LogP contribution >= 0.6 is 0 Å². The fraction of sp³-hybridized carbons (Fsp3) is 0.278. The van der Waals surface area contributed by atoms with E-state index >= 15 is 0 Å². The summed E-state index contributed by atoms with van der Waals surface area (Å²) in [7, 11) is 0. The van der Waals surface area contributed by atoms with E-state index in [1.165, 1.54) is 4.57 Å². The predicted octanol–water partition coefficient (Wildman–Crippen LogP) is 0.427. The van der Waals surface area contributed by atoms with E-state index in [0.29, 0.717) is 23.3 Å². The molecule has 3 aromatic heterocycles. The number of carbonyl (C=O) groups excluding carboxylic acids is 1. The maximum Gasteiger partial charge on any atom is 0.420 e. The van der Waals surface area contributed by atoms with E-state index in [9.17, 15) is 9.59 Å². The maximum atomic E-state index is 12.5. The van der Waals surface area contributed by atoms with Crippen LogP contribution in [0, 0.1) is 0 Å². The van der Waals surface area contributed by atoms with E-state index in [1.54, 1.807) is 43.0 Å². The van der Waals surface area contributed by atoms with Crippen molar-refractivity contribution in [2.75, 3.05) is 18.0 Å². The Hall–Kier alpha value is -3.69. The van der Waals surface area contributed by atoms with Crippen molar-refractivity contribution in [3.8, 4) is 0 Å². The first-order chi connectivity index (χ1) is 13.7. The molecule has 1 aliphatic rings. The normalized spacial score (nSPS) is 16.9. The number of nitrogens with zero attached hydrogens (tertiary/aromatic N) is 6. The van der Waals surface area contributed by atoms with Crippen molar-refractivity contribution in [2.45, 2.75) is 19.0 Å². The fourth-order valence-electron chi connectivity index (χ4n) is 3.62. The molecule has 1 saturated heterocycles. The van der Waals surface area contributed by atoms with E-state index in [2.05, 4.69) is 25.4 Å². The van der Waals surface area contributed by atoms with Crippen molar-refractivity contribution >= 4 is 28.5 Å². The zero-order valence-electron chi connectivity index (χ0n) is 14.9. The molecule has 10 nitrogen and oxygen atoms in total. The largest absolute Gasteiger partial charge is 0.420 e. The number of hydrogen-bond donors (Lipinski definition) is 1. The van der Waals surface area contributed by atoms with Crippen molar-refractivity contribution in [2.24, 2.45) is 0 Å². The fourth-order valence-corrected chi connectivity index (χ4v) is 3.62. The van der Waals surface area contributed by atoms with E-state index in [0.717, 1.165) is 18.8 Å². The van der Waals surface area contributed by atoms with Gasteiger partial charge in [-0.2, -0.15) is 0 Å². The van der Waals surface area contributed by atoms with Crippen LogP contribution in [0.4, 0.5) is 5.82 Å². The van der Waals surface area contributed by atoms with Crippen molar-refractivity contribution in [3.63, 3.8) is 0 Å². The van der Waals surface area contributed by atoms with E-state index < -0.39 is 5.76 Å². The number of nitrogens with one attached hydrogen (secondary N) is 1. The average molecular weight is 379 g/mol. The first kappa shape index (κ1) is 16.5. The highest BCUT2D eigenvalue weighted by Gasteiger charge is 2.27. The first-order valence-corrected chi connectivity index (χ1v) is 8.96. The van der Waals surface area contributed by atoms with Crippen LogP contribution in [0.5, 0.6) is 0 Å². The Morgan fingerprint density at radius 2 is 2.21 bits per heavy atom. The van der Waals surface area contributed by atoms with Gasteiger partial charge in [-0.05, 0) is 18.6 Å². The highest BCUT2D eigenvalue weighted by atomic mass is 16.4. The molecule has 0 bridgehead atoms. The molecule has 4 aromatic rings. The number of amides is 1. The van der Waals surface area contributed by atoms with E-state index in [4.69, 9.17) is 4.42 Å². The molecule has 142 valence electrons. The van der Waals surface area contributed by atoms with Crippen LogP contribution in [0.3, 0.4) is 0 Å². The second-order valence-electron chi connectivity index (χ2n) is 6.73. The minimum absolute atomic E-state index is 0.0358. The van der Waals surface area contributed by atoms with Gasteiger partial charge in [-0.25, -0.2) is 9.78 Å². The van der Waals surface area contributed by atoms with Crippen molar-refractivity contribution < 1.29 is 9.21 Å². The molecule has 1 aromatic carbocycles. The van der Waals surface area contributed by atoms with Crippen molar-refractivity contribution in [3.05, 3.63) is 53.5 Å². The summed E-state index contributed by atoms with van der Waals surface area (Å²) < 4.78 is 8.33. The number of hydrogen-bond acceptors (Lipinski definition) is 7. The van der Waals surface area contributed by atoms with Gasteiger partial charge in [-0.1, -0.05) is 12.1 Å². The minimum atomic E-state index is -0.535. The molecule has 1 atom stereocenters. The summed E-state index contributed by atoms with van der Waals surface area (Å²) in [6, 6.07) is 7.02. The lowest BCUT2D eigenvalue weighted by Gasteiger charge is -2.18. The number of fused-ring (bicyclic) bond motifs is 2. The quantitative estimate of drug-likeness (QED) is 0.547. The highest BCUT2D eigenvalue weighted by molar-refractivity contribution is 5.79. The smallest absolute Gasteiger partial charge is 0.408 e. The summed E-state index contributed by atoms with van der Waals surface area (Å²) in [6.07, 6.45) is 5.90. The molecule has 28 heavy (non-hydrogen) atoms. The Bertz CT molecular complexity index is 1220. The second kappa shape index (κ2) is 6.48. The van der Waals surface area contributed by atoms with Gasteiger partial charge < -0.3 is 14.6 Å². The molecule has 0 aliphatic carbocycles. The maximum absolute atomic E-state index is 12.5. The lowest BCUT2D eigenvalue weighted by molar-refractivity contribution is -0.122. The van der Waals surface area contributed by atoms with Crippen LogP contribution in [0.25, 0.3) is 16.7 Å². The zero-order valence-corrected chi connectivity index (χ0v) is 14.9. The van der Waals surface area contributed by atoms with Gasteiger partial charge in [0.15, 0.2) is 11.4 Å². The van der Waals surface area contributed by atoms with Crippen LogP contribution in [0.15, 0.2) is 52.2 Å². The van der Waals surface area contributed by atoms with Crippen molar-refractivity contribution in [1.82, 2.24) is 29.5 Å². The predicted molar refractivity (Wildman–Crippen MR) is 100 cm³/mol. The third-order valence-electron chi connectivity index (χ3n) is 4.93. The van der Waals surface area contributed by atoms with Crippen LogP contribution in [0.2, 0.25) is 0 Å². The number of para-hydroxylation sites is 2. The molecular weight excluding hydrogens is 362 g/mol. The summed E-state index contributed by atoms with van der Waals surface area (Å²) in [5, 5.41) is 11.0. The van der Waals surface area contributed by atoms with Crippen LogP contribution in [-0.2, 0) is 11.3 Å². The standard InChI is InChI=1S/C18H17N7O3/c26-15(10-25-13-3-1-2-4-14(13)28-18(25)27)21-12-5-7-23(9-12)16-17-22-20-11-24(17)8-6-19-16/h1-4,6,8,11-12H,5,7,9-10H2,(H,21,26)/t12-/m1/s1. The average Bonchev–Trinajstić information content (AvgIpc) is 3.41. The van der Waals surface area contributed by atoms with Gasteiger partial charge in [0, 0.05) is 31.5 Å².